The highest BCUT2D eigenvalue weighted by atomic mass is 16.5. The third-order valence-electron chi connectivity index (χ3n) is 4.16. The molecule has 1 aromatic rings. The van der Waals surface area contributed by atoms with Gasteiger partial charge in [0.15, 0.2) is 6.10 Å². The van der Waals surface area contributed by atoms with Crippen LogP contribution in [0.25, 0.3) is 0 Å². The molecule has 2 rings (SSSR count). The number of rotatable bonds is 5. The fourth-order valence-electron chi connectivity index (χ4n) is 2.93. The van der Waals surface area contributed by atoms with Crippen LogP contribution in [0.2, 0.25) is 0 Å². The van der Waals surface area contributed by atoms with E-state index in [1.54, 1.807) is 11.8 Å². The first-order valence-corrected chi connectivity index (χ1v) is 7.83. The number of aliphatic hydroxyl groups is 1. The lowest BCUT2D eigenvalue weighted by Crippen LogP contribution is -2.40. The van der Waals surface area contributed by atoms with Gasteiger partial charge in [-0.25, -0.2) is 0 Å². The van der Waals surface area contributed by atoms with Gasteiger partial charge in [-0.1, -0.05) is 12.1 Å². The zero-order valence-corrected chi connectivity index (χ0v) is 13.1. The van der Waals surface area contributed by atoms with Gasteiger partial charge in [0, 0.05) is 13.1 Å². The molecule has 0 aliphatic heterocycles. The first-order valence-electron chi connectivity index (χ1n) is 7.83. The summed E-state index contributed by atoms with van der Waals surface area (Å²) in [5, 5.41) is 10.1. The summed E-state index contributed by atoms with van der Waals surface area (Å²) in [5.74, 6) is 0.744. The van der Waals surface area contributed by atoms with Crippen molar-refractivity contribution in [2.24, 2.45) is 0 Å². The van der Waals surface area contributed by atoms with Crippen LogP contribution in [-0.4, -0.2) is 35.1 Å². The standard InChI is InChI=1S/C17H25NO3/c1-4-18(5-2)17(20)12(3)21-16-11-7-8-13-14(16)9-6-10-15(13)19/h7-8,11-12,15,19H,4-6,9-10H2,1-3H3. The third-order valence-corrected chi connectivity index (χ3v) is 4.16. The summed E-state index contributed by atoms with van der Waals surface area (Å²) >= 11 is 0. The molecule has 0 saturated carbocycles. The number of fused-ring (bicyclic) bond motifs is 1. The van der Waals surface area contributed by atoms with Crippen molar-refractivity contribution in [1.82, 2.24) is 4.90 Å². The van der Waals surface area contributed by atoms with E-state index in [0.717, 1.165) is 36.1 Å². The van der Waals surface area contributed by atoms with E-state index in [9.17, 15) is 9.90 Å². The fraction of sp³-hybridized carbons (Fsp3) is 0.588. The van der Waals surface area contributed by atoms with Gasteiger partial charge in [0.25, 0.3) is 5.91 Å². The number of aliphatic hydroxyl groups excluding tert-OH is 1. The minimum Gasteiger partial charge on any atom is -0.481 e. The molecule has 4 nitrogen and oxygen atoms in total. The van der Waals surface area contributed by atoms with Crippen molar-refractivity contribution in [3.63, 3.8) is 0 Å². The molecule has 1 aliphatic carbocycles. The van der Waals surface area contributed by atoms with Crippen molar-refractivity contribution in [2.45, 2.75) is 52.2 Å². The second kappa shape index (κ2) is 6.94. The Morgan fingerprint density at radius 1 is 1.43 bits per heavy atom. The van der Waals surface area contributed by atoms with Crippen LogP contribution in [0.15, 0.2) is 18.2 Å². The van der Waals surface area contributed by atoms with E-state index in [1.165, 1.54) is 0 Å². The van der Waals surface area contributed by atoms with Crippen molar-refractivity contribution >= 4 is 5.91 Å². The molecule has 2 atom stereocenters. The maximum atomic E-state index is 12.3. The zero-order chi connectivity index (χ0) is 15.4. The van der Waals surface area contributed by atoms with Crippen molar-refractivity contribution in [2.75, 3.05) is 13.1 Å². The minimum atomic E-state index is -0.504. The summed E-state index contributed by atoms with van der Waals surface area (Å²) in [6.07, 6.45) is 1.73. The molecule has 0 fully saturated rings. The quantitative estimate of drug-likeness (QED) is 0.907. The molecule has 0 spiro atoms. The lowest BCUT2D eigenvalue weighted by molar-refractivity contribution is -0.137. The predicted octanol–water partition coefficient (Wildman–Crippen LogP) is 2.69. The zero-order valence-electron chi connectivity index (χ0n) is 13.1. The first-order chi connectivity index (χ1) is 10.1. The van der Waals surface area contributed by atoms with Gasteiger partial charge in [-0.2, -0.15) is 0 Å². The third kappa shape index (κ3) is 3.38. The van der Waals surface area contributed by atoms with E-state index in [1.807, 2.05) is 32.0 Å². The van der Waals surface area contributed by atoms with Crippen molar-refractivity contribution in [3.8, 4) is 5.75 Å². The van der Waals surface area contributed by atoms with Gasteiger partial charge in [0.1, 0.15) is 5.75 Å². The Bertz CT molecular complexity index is 497. The topological polar surface area (TPSA) is 49.8 Å². The van der Waals surface area contributed by atoms with Gasteiger partial charge in [0.05, 0.1) is 6.10 Å². The number of carbonyl (C=O) groups is 1. The second-order valence-electron chi connectivity index (χ2n) is 5.50. The number of hydrogen-bond acceptors (Lipinski definition) is 3. The molecule has 1 aromatic carbocycles. The maximum Gasteiger partial charge on any atom is 0.263 e. The smallest absolute Gasteiger partial charge is 0.263 e. The Labute approximate surface area is 126 Å². The molecule has 4 heteroatoms. The van der Waals surface area contributed by atoms with Crippen LogP contribution in [0.5, 0.6) is 5.75 Å². The lowest BCUT2D eigenvalue weighted by Gasteiger charge is -2.27. The summed E-state index contributed by atoms with van der Waals surface area (Å²) in [6.45, 7) is 7.10. The summed E-state index contributed by atoms with van der Waals surface area (Å²) in [6, 6.07) is 5.73. The number of benzene rings is 1. The Balaban J connectivity index is 2.16. The molecular formula is C17H25NO3. The largest absolute Gasteiger partial charge is 0.481 e. The molecule has 1 N–H and O–H groups in total. The Kier molecular flexibility index (Phi) is 5.23. The Morgan fingerprint density at radius 3 is 2.81 bits per heavy atom. The van der Waals surface area contributed by atoms with E-state index in [2.05, 4.69) is 0 Å². The molecule has 1 amide bonds. The summed E-state index contributed by atoms with van der Waals surface area (Å²) in [5.41, 5.74) is 2.00. The maximum absolute atomic E-state index is 12.3. The molecule has 116 valence electrons. The molecule has 0 saturated heterocycles. The highest BCUT2D eigenvalue weighted by molar-refractivity contribution is 5.80. The molecule has 21 heavy (non-hydrogen) atoms. The Morgan fingerprint density at radius 2 is 2.14 bits per heavy atom. The van der Waals surface area contributed by atoms with Crippen LogP contribution in [-0.2, 0) is 11.2 Å². The predicted molar refractivity (Wildman–Crippen MR) is 82.4 cm³/mol. The Hall–Kier alpha value is -1.55. The van der Waals surface area contributed by atoms with Gasteiger partial charge in [-0.05, 0) is 57.2 Å². The molecule has 0 radical (unpaired) electrons. The number of likely N-dealkylation sites (N-methyl/N-ethyl adjacent to an activating group) is 1. The van der Waals surface area contributed by atoms with Crippen LogP contribution in [0.1, 0.15) is 50.8 Å². The highest BCUT2D eigenvalue weighted by Gasteiger charge is 2.24. The lowest BCUT2D eigenvalue weighted by atomic mass is 9.89. The van der Waals surface area contributed by atoms with Crippen LogP contribution in [0.4, 0.5) is 0 Å². The van der Waals surface area contributed by atoms with Crippen LogP contribution in [0, 0.1) is 0 Å². The van der Waals surface area contributed by atoms with E-state index >= 15 is 0 Å². The molecule has 0 aromatic heterocycles. The highest BCUT2D eigenvalue weighted by Crippen LogP contribution is 2.35. The number of carbonyl (C=O) groups excluding carboxylic acids is 1. The van der Waals surface area contributed by atoms with Gasteiger partial charge >= 0.3 is 0 Å². The average molecular weight is 291 g/mol. The van der Waals surface area contributed by atoms with Gasteiger partial charge in [-0.15, -0.1) is 0 Å². The van der Waals surface area contributed by atoms with Gasteiger partial charge < -0.3 is 14.7 Å². The molecule has 1 aliphatic rings. The van der Waals surface area contributed by atoms with Gasteiger partial charge in [0.2, 0.25) is 0 Å². The van der Waals surface area contributed by atoms with Crippen molar-refractivity contribution in [3.05, 3.63) is 29.3 Å². The number of ether oxygens (including phenoxy) is 1. The summed E-state index contributed by atoms with van der Waals surface area (Å²) < 4.78 is 5.91. The van der Waals surface area contributed by atoms with Crippen molar-refractivity contribution < 1.29 is 14.6 Å². The van der Waals surface area contributed by atoms with Crippen molar-refractivity contribution in [1.29, 1.82) is 0 Å². The van der Waals surface area contributed by atoms with Crippen LogP contribution in [0.3, 0.4) is 0 Å². The van der Waals surface area contributed by atoms with E-state index in [-0.39, 0.29) is 5.91 Å². The summed E-state index contributed by atoms with van der Waals surface area (Å²) in [4.78, 5) is 14.1. The van der Waals surface area contributed by atoms with E-state index in [4.69, 9.17) is 4.74 Å². The monoisotopic (exact) mass is 291 g/mol. The second-order valence-corrected chi connectivity index (χ2v) is 5.50. The molecular weight excluding hydrogens is 266 g/mol. The first kappa shape index (κ1) is 15.8. The molecule has 0 heterocycles. The number of hydrogen-bond donors (Lipinski definition) is 1. The number of amides is 1. The van der Waals surface area contributed by atoms with Gasteiger partial charge in [-0.3, -0.25) is 4.79 Å². The fourth-order valence-corrected chi connectivity index (χ4v) is 2.93. The van der Waals surface area contributed by atoms with Crippen LogP contribution >= 0.6 is 0 Å². The minimum absolute atomic E-state index is 0.00830. The summed E-state index contributed by atoms with van der Waals surface area (Å²) in [7, 11) is 0. The average Bonchev–Trinajstić information content (AvgIpc) is 2.49. The van der Waals surface area contributed by atoms with E-state index < -0.39 is 12.2 Å². The van der Waals surface area contributed by atoms with Crippen LogP contribution < -0.4 is 4.74 Å². The normalized spacial score (nSPS) is 18.8. The van der Waals surface area contributed by atoms with E-state index in [0.29, 0.717) is 13.1 Å². The molecule has 2 unspecified atom stereocenters. The SMILES string of the molecule is CCN(CC)C(=O)C(C)Oc1cccc2c1CCCC2O. The number of nitrogens with zero attached hydrogens (tertiary/aromatic N) is 1. The molecule has 0 bridgehead atoms.